The van der Waals surface area contributed by atoms with E-state index in [1.165, 1.54) is 0 Å². The zero-order chi connectivity index (χ0) is 15.5. The van der Waals surface area contributed by atoms with E-state index in [0.29, 0.717) is 18.8 Å². The van der Waals surface area contributed by atoms with Crippen molar-refractivity contribution >= 4 is 17.6 Å². The van der Waals surface area contributed by atoms with Crippen molar-refractivity contribution in [2.75, 3.05) is 24.6 Å². The molecule has 1 aromatic heterocycles. The molecule has 0 aromatic carbocycles. The summed E-state index contributed by atoms with van der Waals surface area (Å²) < 4.78 is 0. The number of amides is 2. The molecule has 2 aliphatic rings. The van der Waals surface area contributed by atoms with Gasteiger partial charge in [0.15, 0.2) is 0 Å². The topological polar surface area (TPSA) is 82.5 Å². The van der Waals surface area contributed by atoms with Crippen molar-refractivity contribution in [3.63, 3.8) is 0 Å². The quantitative estimate of drug-likeness (QED) is 0.808. The first-order chi connectivity index (χ1) is 10.7. The fourth-order valence-electron chi connectivity index (χ4n) is 3.18. The highest BCUT2D eigenvalue weighted by Crippen LogP contribution is 2.28. The van der Waals surface area contributed by atoms with Crippen molar-refractivity contribution in [1.29, 1.82) is 0 Å². The molecule has 22 heavy (non-hydrogen) atoms. The third kappa shape index (κ3) is 3.11. The van der Waals surface area contributed by atoms with Gasteiger partial charge >= 0.3 is 0 Å². The van der Waals surface area contributed by atoms with Gasteiger partial charge in [0.1, 0.15) is 5.82 Å². The van der Waals surface area contributed by atoms with E-state index in [0.717, 1.165) is 37.3 Å². The SMILES string of the molecule is O=C1CC[C@H](c2ccnc(N3CCC(CO)CC3)c2)C(=O)N1. The van der Waals surface area contributed by atoms with Crippen molar-refractivity contribution < 1.29 is 14.7 Å². The summed E-state index contributed by atoms with van der Waals surface area (Å²) in [5.74, 6) is 0.580. The Kier molecular flexibility index (Phi) is 4.38. The third-order valence-electron chi connectivity index (χ3n) is 4.61. The summed E-state index contributed by atoms with van der Waals surface area (Å²) in [6.07, 6.45) is 4.59. The Hall–Kier alpha value is -1.95. The van der Waals surface area contributed by atoms with Crippen LogP contribution in [0.1, 0.15) is 37.2 Å². The Morgan fingerprint density at radius 1 is 1.27 bits per heavy atom. The average Bonchev–Trinajstić information content (AvgIpc) is 2.55. The van der Waals surface area contributed by atoms with Crippen molar-refractivity contribution in [2.24, 2.45) is 5.92 Å². The first-order valence-electron chi connectivity index (χ1n) is 7.83. The Balaban J connectivity index is 1.73. The summed E-state index contributed by atoms with van der Waals surface area (Å²) in [5.41, 5.74) is 0.916. The van der Waals surface area contributed by atoms with E-state index in [-0.39, 0.29) is 24.3 Å². The first-order valence-corrected chi connectivity index (χ1v) is 7.83. The van der Waals surface area contributed by atoms with Crippen LogP contribution in [0.2, 0.25) is 0 Å². The van der Waals surface area contributed by atoms with Gasteiger partial charge in [0, 0.05) is 32.3 Å². The summed E-state index contributed by atoms with van der Waals surface area (Å²) in [4.78, 5) is 29.8. The molecule has 0 bridgehead atoms. The maximum atomic E-state index is 12.0. The second-order valence-corrected chi connectivity index (χ2v) is 6.06. The first kappa shape index (κ1) is 15.0. The highest BCUT2D eigenvalue weighted by Gasteiger charge is 2.28. The van der Waals surface area contributed by atoms with Gasteiger partial charge in [-0.05, 0) is 42.9 Å². The molecule has 0 unspecified atom stereocenters. The van der Waals surface area contributed by atoms with Crippen LogP contribution in [0.15, 0.2) is 18.3 Å². The maximum absolute atomic E-state index is 12.0. The summed E-state index contributed by atoms with van der Waals surface area (Å²) in [6.45, 7) is 1.99. The van der Waals surface area contributed by atoms with Crippen LogP contribution in [0.4, 0.5) is 5.82 Å². The predicted molar refractivity (Wildman–Crippen MR) is 81.4 cm³/mol. The number of carbonyl (C=O) groups is 2. The van der Waals surface area contributed by atoms with Gasteiger partial charge in [0.05, 0.1) is 5.92 Å². The molecule has 0 saturated carbocycles. The molecule has 2 saturated heterocycles. The standard InChI is InChI=1S/C16H21N3O3/c20-10-11-4-7-19(8-5-11)14-9-12(3-6-17-14)13-1-2-15(21)18-16(13)22/h3,6,9,11,13,20H,1-2,4-5,7-8,10H2,(H,18,21,22)/t13-/m1/s1. The number of aromatic nitrogens is 1. The molecule has 6 heteroatoms. The second-order valence-electron chi connectivity index (χ2n) is 6.06. The molecular formula is C16H21N3O3. The molecule has 0 spiro atoms. The number of piperidine rings is 2. The zero-order valence-electron chi connectivity index (χ0n) is 12.5. The largest absolute Gasteiger partial charge is 0.396 e. The number of anilines is 1. The summed E-state index contributed by atoms with van der Waals surface area (Å²) >= 11 is 0. The molecule has 1 atom stereocenters. The number of aliphatic hydroxyl groups excluding tert-OH is 1. The molecule has 2 aliphatic heterocycles. The Morgan fingerprint density at radius 3 is 2.73 bits per heavy atom. The van der Waals surface area contributed by atoms with Gasteiger partial charge in [-0.2, -0.15) is 0 Å². The van der Waals surface area contributed by atoms with Crippen LogP contribution in [0, 0.1) is 5.92 Å². The smallest absolute Gasteiger partial charge is 0.234 e. The molecule has 3 heterocycles. The van der Waals surface area contributed by atoms with E-state index in [1.807, 2.05) is 12.1 Å². The molecule has 6 nitrogen and oxygen atoms in total. The van der Waals surface area contributed by atoms with Gasteiger partial charge in [-0.25, -0.2) is 4.98 Å². The minimum absolute atomic E-state index is 0.193. The third-order valence-corrected chi connectivity index (χ3v) is 4.61. The van der Waals surface area contributed by atoms with Gasteiger partial charge in [-0.1, -0.05) is 0 Å². The van der Waals surface area contributed by atoms with Crippen LogP contribution in [0.3, 0.4) is 0 Å². The lowest BCUT2D eigenvalue weighted by Crippen LogP contribution is -2.39. The predicted octanol–water partition coefficient (Wildman–Crippen LogP) is 0.810. The minimum atomic E-state index is -0.269. The molecule has 2 fully saturated rings. The number of pyridine rings is 1. The highest BCUT2D eigenvalue weighted by atomic mass is 16.3. The fraction of sp³-hybridized carbons (Fsp3) is 0.562. The number of hydrogen-bond acceptors (Lipinski definition) is 5. The van der Waals surface area contributed by atoms with E-state index < -0.39 is 0 Å². The number of nitrogens with one attached hydrogen (secondary N) is 1. The van der Waals surface area contributed by atoms with E-state index >= 15 is 0 Å². The average molecular weight is 303 g/mol. The summed E-state index contributed by atoms with van der Waals surface area (Å²) in [7, 11) is 0. The molecule has 2 amide bonds. The van der Waals surface area contributed by atoms with Crippen LogP contribution < -0.4 is 10.2 Å². The zero-order valence-corrected chi connectivity index (χ0v) is 12.5. The molecular weight excluding hydrogens is 282 g/mol. The van der Waals surface area contributed by atoms with Crippen molar-refractivity contribution in [1.82, 2.24) is 10.3 Å². The van der Waals surface area contributed by atoms with E-state index in [2.05, 4.69) is 15.2 Å². The number of aliphatic hydroxyl groups is 1. The van der Waals surface area contributed by atoms with Crippen molar-refractivity contribution in [3.8, 4) is 0 Å². The number of rotatable bonds is 3. The van der Waals surface area contributed by atoms with Crippen molar-refractivity contribution in [2.45, 2.75) is 31.6 Å². The monoisotopic (exact) mass is 303 g/mol. The van der Waals surface area contributed by atoms with Gasteiger partial charge in [0.25, 0.3) is 0 Å². The van der Waals surface area contributed by atoms with Crippen LogP contribution in [-0.4, -0.2) is 41.6 Å². The lowest BCUT2D eigenvalue weighted by atomic mass is 9.91. The molecule has 118 valence electrons. The van der Waals surface area contributed by atoms with Gasteiger partial charge in [0.2, 0.25) is 11.8 Å². The summed E-state index contributed by atoms with van der Waals surface area (Å²) in [5, 5.41) is 11.6. The Bertz CT molecular complexity index is 568. The molecule has 1 aromatic rings. The minimum Gasteiger partial charge on any atom is -0.396 e. The van der Waals surface area contributed by atoms with Crippen LogP contribution in [-0.2, 0) is 9.59 Å². The lowest BCUT2D eigenvalue weighted by molar-refractivity contribution is -0.134. The number of nitrogens with zero attached hydrogens (tertiary/aromatic N) is 2. The Morgan fingerprint density at radius 2 is 2.05 bits per heavy atom. The van der Waals surface area contributed by atoms with Crippen molar-refractivity contribution in [3.05, 3.63) is 23.9 Å². The van der Waals surface area contributed by atoms with Crippen LogP contribution in [0.25, 0.3) is 0 Å². The lowest BCUT2D eigenvalue weighted by Gasteiger charge is -2.32. The van der Waals surface area contributed by atoms with Crippen LogP contribution >= 0.6 is 0 Å². The van der Waals surface area contributed by atoms with Gasteiger partial charge < -0.3 is 10.0 Å². The molecule has 0 radical (unpaired) electrons. The van der Waals surface area contributed by atoms with Crippen LogP contribution in [0.5, 0.6) is 0 Å². The van der Waals surface area contributed by atoms with E-state index in [9.17, 15) is 14.7 Å². The van der Waals surface area contributed by atoms with E-state index in [1.54, 1.807) is 6.20 Å². The maximum Gasteiger partial charge on any atom is 0.234 e. The normalized spacial score (nSPS) is 23.5. The number of imide groups is 1. The number of carbonyl (C=O) groups excluding carboxylic acids is 2. The fourth-order valence-corrected chi connectivity index (χ4v) is 3.18. The van der Waals surface area contributed by atoms with E-state index in [4.69, 9.17) is 0 Å². The molecule has 0 aliphatic carbocycles. The second kappa shape index (κ2) is 6.44. The Labute approximate surface area is 129 Å². The van der Waals surface area contributed by atoms with Gasteiger partial charge in [-0.15, -0.1) is 0 Å². The molecule has 3 rings (SSSR count). The molecule has 2 N–H and O–H groups in total. The number of hydrogen-bond donors (Lipinski definition) is 2. The highest BCUT2D eigenvalue weighted by molar-refractivity contribution is 6.00. The summed E-state index contributed by atoms with van der Waals surface area (Å²) in [6, 6.07) is 3.81. The van der Waals surface area contributed by atoms with Gasteiger partial charge in [-0.3, -0.25) is 14.9 Å².